The van der Waals surface area contributed by atoms with Crippen LogP contribution in [0.3, 0.4) is 0 Å². The molecule has 3 heteroatoms. The second-order valence-corrected chi connectivity index (χ2v) is 5.09. The van der Waals surface area contributed by atoms with Crippen LogP contribution in [0.15, 0.2) is 30.5 Å². The van der Waals surface area contributed by atoms with Crippen LogP contribution in [0.5, 0.6) is 0 Å². The summed E-state index contributed by atoms with van der Waals surface area (Å²) in [5.74, 6) is 0. The zero-order valence-electron chi connectivity index (χ0n) is 11.0. The average molecular weight is 241 g/mol. The lowest BCUT2D eigenvalue weighted by Gasteiger charge is -2.26. The lowest BCUT2D eigenvalue weighted by Crippen LogP contribution is -2.17. The Morgan fingerprint density at radius 2 is 2.17 bits per heavy atom. The van der Waals surface area contributed by atoms with E-state index in [1.165, 1.54) is 30.4 Å². The van der Waals surface area contributed by atoms with Crippen LogP contribution in [0.25, 0.3) is 0 Å². The van der Waals surface area contributed by atoms with E-state index in [2.05, 4.69) is 47.8 Å². The van der Waals surface area contributed by atoms with Gasteiger partial charge in [-0.05, 0) is 37.3 Å². The molecule has 0 fully saturated rings. The average Bonchev–Trinajstić information content (AvgIpc) is 2.68. The van der Waals surface area contributed by atoms with Crippen molar-refractivity contribution < 1.29 is 0 Å². The second-order valence-electron chi connectivity index (χ2n) is 5.09. The van der Waals surface area contributed by atoms with Crippen LogP contribution in [0.2, 0.25) is 0 Å². The second kappa shape index (κ2) is 4.48. The highest BCUT2D eigenvalue weighted by Crippen LogP contribution is 2.32. The molecule has 1 aliphatic rings. The fourth-order valence-electron chi connectivity index (χ4n) is 2.83. The molecule has 0 saturated carbocycles. The summed E-state index contributed by atoms with van der Waals surface area (Å²) in [6.45, 7) is 2.05. The normalized spacial score (nSPS) is 18.4. The van der Waals surface area contributed by atoms with E-state index in [1.807, 2.05) is 11.7 Å². The molecule has 0 aliphatic heterocycles. The summed E-state index contributed by atoms with van der Waals surface area (Å²) >= 11 is 0. The van der Waals surface area contributed by atoms with E-state index >= 15 is 0 Å². The third kappa shape index (κ3) is 2.01. The summed E-state index contributed by atoms with van der Waals surface area (Å²) < 4.78 is 1.87. The Bertz CT molecular complexity index is 557. The molecule has 94 valence electrons. The molecule has 1 atom stereocenters. The topological polar surface area (TPSA) is 29.9 Å². The van der Waals surface area contributed by atoms with Gasteiger partial charge in [0.25, 0.3) is 0 Å². The van der Waals surface area contributed by atoms with Crippen molar-refractivity contribution in [2.75, 3.05) is 5.32 Å². The molecule has 0 saturated heterocycles. The maximum Gasteiger partial charge on any atom is 0.0825 e. The highest BCUT2D eigenvalue weighted by molar-refractivity contribution is 5.49. The van der Waals surface area contributed by atoms with E-state index in [0.29, 0.717) is 6.04 Å². The quantitative estimate of drug-likeness (QED) is 0.875. The number of rotatable bonds is 2. The van der Waals surface area contributed by atoms with Crippen molar-refractivity contribution in [3.8, 4) is 0 Å². The Balaban J connectivity index is 1.88. The first-order valence-corrected chi connectivity index (χ1v) is 6.58. The number of benzene rings is 1. The van der Waals surface area contributed by atoms with Gasteiger partial charge in [0.15, 0.2) is 0 Å². The van der Waals surface area contributed by atoms with Gasteiger partial charge in [0, 0.05) is 13.2 Å². The van der Waals surface area contributed by atoms with Crippen LogP contribution in [0.1, 0.15) is 35.7 Å². The Morgan fingerprint density at radius 1 is 1.33 bits per heavy atom. The third-order valence-corrected chi connectivity index (χ3v) is 3.71. The van der Waals surface area contributed by atoms with Crippen molar-refractivity contribution in [1.82, 2.24) is 9.78 Å². The lowest BCUT2D eigenvalue weighted by atomic mass is 9.87. The SMILES string of the molecule is Cc1nn(C)cc1NC1CCCc2ccccc21. The molecule has 18 heavy (non-hydrogen) atoms. The Hall–Kier alpha value is -1.77. The van der Waals surface area contributed by atoms with Crippen LogP contribution in [0.4, 0.5) is 5.69 Å². The van der Waals surface area contributed by atoms with Crippen LogP contribution < -0.4 is 5.32 Å². The number of hydrogen-bond acceptors (Lipinski definition) is 2. The van der Waals surface area contributed by atoms with Gasteiger partial charge in [-0.1, -0.05) is 24.3 Å². The first kappa shape index (κ1) is 11.3. The molecule has 0 spiro atoms. The van der Waals surface area contributed by atoms with Crippen molar-refractivity contribution in [2.24, 2.45) is 7.05 Å². The van der Waals surface area contributed by atoms with E-state index < -0.39 is 0 Å². The van der Waals surface area contributed by atoms with Gasteiger partial charge in [-0.15, -0.1) is 0 Å². The molecule has 1 heterocycles. The standard InChI is InChI=1S/C15H19N3/c1-11-15(10-18(2)17-11)16-14-9-5-7-12-6-3-4-8-13(12)14/h3-4,6,8,10,14,16H,5,7,9H2,1-2H3. The number of fused-ring (bicyclic) bond motifs is 1. The fraction of sp³-hybridized carbons (Fsp3) is 0.400. The van der Waals surface area contributed by atoms with Crippen LogP contribution in [-0.4, -0.2) is 9.78 Å². The van der Waals surface area contributed by atoms with Gasteiger partial charge in [0.2, 0.25) is 0 Å². The largest absolute Gasteiger partial charge is 0.375 e. The van der Waals surface area contributed by atoms with E-state index in [4.69, 9.17) is 0 Å². The van der Waals surface area contributed by atoms with Gasteiger partial charge in [-0.2, -0.15) is 5.10 Å². The van der Waals surface area contributed by atoms with Gasteiger partial charge in [-0.3, -0.25) is 4.68 Å². The molecule has 0 amide bonds. The minimum Gasteiger partial charge on any atom is -0.375 e. The number of hydrogen-bond donors (Lipinski definition) is 1. The van der Waals surface area contributed by atoms with Gasteiger partial charge < -0.3 is 5.32 Å². The lowest BCUT2D eigenvalue weighted by molar-refractivity contribution is 0.600. The fourth-order valence-corrected chi connectivity index (χ4v) is 2.83. The van der Waals surface area contributed by atoms with Crippen molar-refractivity contribution in [3.63, 3.8) is 0 Å². The minimum absolute atomic E-state index is 0.429. The van der Waals surface area contributed by atoms with Crippen molar-refractivity contribution >= 4 is 5.69 Å². The van der Waals surface area contributed by atoms with Crippen LogP contribution in [-0.2, 0) is 13.5 Å². The zero-order chi connectivity index (χ0) is 12.5. The van der Waals surface area contributed by atoms with E-state index in [-0.39, 0.29) is 0 Å². The molecule has 2 aromatic rings. The maximum absolute atomic E-state index is 4.39. The molecular formula is C15H19N3. The molecule has 1 N–H and O–H groups in total. The number of anilines is 1. The Kier molecular flexibility index (Phi) is 2.82. The van der Waals surface area contributed by atoms with Crippen molar-refractivity contribution in [1.29, 1.82) is 0 Å². The van der Waals surface area contributed by atoms with E-state index in [0.717, 1.165) is 11.4 Å². The molecular weight excluding hydrogens is 222 g/mol. The predicted octanol–water partition coefficient (Wildman–Crippen LogP) is 3.22. The molecule has 1 aliphatic carbocycles. The molecule has 0 radical (unpaired) electrons. The minimum atomic E-state index is 0.429. The molecule has 3 rings (SSSR count). The number of aromatic nitrogens is 2. The third-order valence-electron chi connectivity index (χ3n) is 3.71. The molecule has 1 aromatic carbocycles. The van der Waals surface area contributed by atoms with E-state index in [1.54, 1.807) is 0 Å². The van der Waals surface area contributed by atoms with Crippen molar-refractivity contribution in [2.45, 2.75) is 32.2 Å². The summed E-state index contributed by atoms with van der Waals surface area (Å²) in [5, 5.41) is 8.03. The van der Waals surface area contributed by atoms with Gasteiger partial charge in [0.05, 0.1) is 17.4 Å². The van der Waals surface area contributed by atoms with Crippen molar-refractivity contribution in [3.05, 3.63) is 47.3 Å². The monoisotopic (exact) mass is 241 g/mol. The number of nitrogens with one attached hydrogen (secondary N) is 1. The van der Waals surface area contributed by atoms with Gasteiger partial charge in [0.1, 0.15) is 0 Å². The summed E-state index contributed by atoms with van der Waals surface area (Å²) in [7, 11) is 1.97. The number of nitrogens with zero attached hydrogens (tertiary/aromatic N) is 2. The first-order valence-electron chi connectivity index (χ1n) is 6.58. The maximum atomic E-state index is 4.39. The zero-order valence-corrected chi connectivity index (χ0v) is 11.0. The first-order chi connectivity index (χ1) is 8.74. The van der Waals surface area contributed by atoms with Gasteiger partial charge in [-0.25, -0.2) is 0 Å². The van der Waals surface area contributed by atoms with Crippen LogP contribution in [0, 0.1) is 6.92 Å². The summed E-state index contributed by atoms with van der Waals surface area (Å²) in [5.41, 5.74) is 5.16. The number of aryl methyl sites for hydroxylation is 3. The Labute approximate surface area is 108 Å². The highest BCUT2D eigenvalue weighted by atomic mass is 15.3. The Morgan fingerprint density at radius 3 is 2.94 bits per heavy atom. The van der Waals surface area contributed by atoms with Gasteiger partial charge >= 0.3 is 0 Å². The van der Waals surface area contributed by atoms with E-state index in [9.17, 15) is 0 Å². The molecule has 3 nitrogen and oxygen atoms in total. The summed E-state index contributed by atoms with van der Waals surface area (Å²) in [6.07, 6.45) is 5.73. The summed E-state index contributed by atoms with van der Waals surface area (Å²) in [6, 6.07) is 9.20. The highest BCUT2D eigenvalue weighted by Gasteiger charge is 2.20. The predicted molar refractivity (Wildman–Crippen MR) is 73.7 cm³/mol. The summed E-state index contributed by atoms with van der Waals surface area (Å²) in [4.78, 5) is 0. The smallest absolute Gasteiger partial charge is 0.0825 e. The van der Waals surface area contributed by atoms with Crippen LogP contribution >= 0.6 is 0 Å². The molecule has 1 aromatic heterocycles. The molecule has 1 unspecified atom stereocenters. The molecule has 0 bridgehead atoms.